The summed E-state index contributed by atoms with van der Waals surface area (Å²) >= 11 is 0. The van der Waals surface area contributed by atoms with E-state index in [4.69, 9.17) is 0 Å². The molecule has 0 heterocycles. The third kappa shape index (κ3) is 4.10. The number of amides is 1. The predicted molar refractivity (Wildman–Crippen MR) is 105 cm³/mol. The Labute approximate surface area is 174 Å². The van der Waals surface area contributed by atoms with E-state index in [-0.39, 0.29) is 6.04 Å². The van der Waals surface area contributed by atoms with Crippen LogP contribution in [-0.4, -0.2) is 25.9 Å². The van der Waals surface area contributed by atoms with Crippen molar-refractivity contribution in [3.63, 3.8) is 0 Å². The molecule has 4 bridgehead atoms. The number of halogens is 3. The monoisotopic (exact) mass is 444 g/mol. The predicted octanol–water partition coefficient (Wildman–Crippen LogP) is 3.70. The first-order chi connectivity index (χ1) is 13.8. The summed E-state index contributed by atoms with van der Waals surface area (Å²) < 4.78 is 66.6. The fourth-order valence-electron chi connectivity index (χ4n) is 5.77. The number of nitrogens with one attached hydrogen (secondary N) is 2. The lowest BCUT2D eigenvalue weighted by atomic mass is 9.54. The van der Waals surface area contributed by atoms with Gasteiger partial charge in [-0.25, -0.2) is 8.42 Å². The Kier molecular flexibility index (Phi) is 5.20. The highest BCUT2D eigenvalue weighted by molar-refractivity contribution is 7.89. The van der Waals surface area contributed by atoms with Gasteiger partial charge in [-0.05, 0) is 87.8 Å². The highest BCUT2D eigenvalue weighted by Gasteiger charge is 2.49. The van der Waals surface area contributed by atoms with E-state index >= 15 is 0 Å². The minimum absolute atomic E-state index is 0.0441. The molecule has 166 valence electrons. The molecular formula is C21H27F3N2O3S. The second-order valence-corrected chi connectivity index (χ2v) is 11.4. The summed E-state index contributed by atoms with van der Waals surface area (Å²) in [6.45, 7) is 2.87. The summed E-state index contributed by atoms with van der Waals surface area (Å²) in [5.41, 5.74) is -2.55. The molecule has 0 aromatic heterocycles. The van der Waals surface area contributed by atoms with Gasteiger partial charge >= 0.3 is 6.18 Å². The first kappa shape index (κ1) is 21.6. The van der Waals surface area contributed by atoms with E-state index in [0.717, 1.165) is 55.7 Å². The number of rotatable bonds is 5. The molecule has 9 heteroatoms. The van der Waals surface area contributed by atoms with E-state index in [9.17, 15) is 26.4 Å². The van der Waals surface area contributed by atoms with Crippen LogP contribution in [0.15, 0.2) is 29.2 Å². The average molecular weight is 445 g/mol. The lowest BCUT2D eigenvalue weighted by molar-refractivity contribution is -0.137. The van der Waals surface area contributed by atoms with Gasteiger partial charge in [-0.2, -0.15) is 17.9 Å². The summed E-state index contributed by atoms with van der Waals surface area (Å²) in [6, 6.07) is 3.56. The van der Waals surface area contributed by atoms with Crippen molar-refractivity contribution in [3.05, 3.63) is 29.8 Å². The SMILES string of the molecule is CC(C)(NS(=O)(=O)c1cccc(C(F)(F)F)c1)C(=O)NC1C2CC3CC(C2)CC1C3. The Morgan fingerprint density at radius 2 is 1.57 bits per heavy atom. The number of sulfonamides is 1. The standard InChI is InChI=1S/C21H27F3N2O3S/c1-20(2,26-30(28,29)17-5-3-4-16(11-17)21(22,23)24)19(27)25-18-14-7-12-6-13(9-14)10-15(18)8-12/h3-5,11-15,18,26H,6-10H2,1-2H3,(H,25,27). The van der Waals surface area contributed by atoms with Crippen LogP contribution in [0.2, 0.25) is 0 Å². The maximum absolute atomic E-state index is 13.0. The smallest absolute Gasteiger partial charge is 0.351 e. The topological polar surface area (TPSA) is 75.3 Å². The van der Waals surface area contributed by atoms with Crippen LogP contribution in [0.4, 0.5) is 13.2 Å². The molecule has 1 aromatic rings. The van der Waals surface area contributed by atoms with E-state index in [1.54, 1.807) is 0 Å². The summed E-state index contributed by atoms with van der Waals surface area (Å²) in [6.07, 6.45) is 1.05. The van der Waals surface area contributed by atoms with Crippen molar-refractivity contribution < 1.29 is 26.4 Å². The minimum Gasteiger partial charge on any atom is -0.351 e. The van der Waals surface area contributed by atoms with Crippen molar-refractivity contribution in [2.24, 2.45) is 23.7 Å². The Morgan fingerprint density at radius 3 is 2.10 bits per heavy atom. The molecule has 1 amide bonds. The van der Waals surface area contributed by atoms with Crippen molar-refractivity contribution in [3.8, 4) is 0 Å². The zero-order valence-electron chi connectivity index (χ0n) is 17.0. The molecule has 5 nitrogen and oxygen atoms in total. The largest absolute Gasteiger partial charge is 0.416 e. The maximum Gasteiger partial charge on any atom is 0.416 e. The van der Waals surface area contributed by atoms with Crippen LogP contribution in [0, 0.1) is 23.7 Å². The zero-order chi connectivity index (χ0) is 21.9. The zero-order valence-corrected chi connectivity index (χ0v) is 17.8. The van der Waals surface area contributed by atoms with Gasteiger partial charge in [0, 0.05) is 6.04 Å². The van der Waals surface area contributed by atoms with E-state index in [0.29, 0.717) is 17.9 Å². The van der Waals surface area contributed by atoms with Gasteiger partial charge in [0.15, 0.2) is 0 Å². The van der Waals surface area contributed by atoms with Crippen molar-refractivity contribution >= 4 is 15.9 Å². The number of alkyl halides is 3. The third-order valence-electron chi connectivity index (χ3n) is 6.95. The summed E-state index contributed by atoms with van der Waals surface area (Å²) in [4.78, 5) is 12.5. The van der Waals surface area contributed by atoms with Crippen LogP contribution in [0.1, 0.15) is 51.5 Å². The van der Waals surface area contributed by atoms with Crippen molar-refractivity contribution in [2.45, 2.75) is 68.6 Å². The molecule has 4 fully saturated rings. The maximum atomic E-state index is 13.0. The van der Waals surface area contributed by atoms with Crippen molar-refractivity contribution in [1.82, 2.24) is 10.0 Å². The van der Waals surface area contributed by atoms with Crippen LogP contribution < -0.4 is 10.0 Å². The molecule has 1 aromatic carbocycles. The van der Waals surface area contributed by atoms with E-state index in [1.165, 1.54) is 20.3 Å². The Balaban J connectivity index is 1.47. The molecule has 0 spiro atoms. The highest BCUT2D eigenvalue weighted by atomic mass is 32.2. The van der Waals surface area contributed by atoms with E-state index in [2.05, 4.69) is 10.0 Å². The third-order valence-corrected chi connectivity index (χ3v) is 8.61. The average Bonchev–Trinajstić information content (AvgIpc) is 2.62. The lowest BCUT2D eigenvalue weighted by Crippen LogP contribution is -2.62. The van der Waals surface area contributed by atoms with Crippen LogP contribution in [0.3, 0.4) is 0 Å². The fourth-order valence-corrected chi connectivity index (χ4v) is 7.20. The molecule has 4 saturated carbocycles. The highest BCUT2D eigenvalue weighted by Crippen LogP contribution is 2.53. The number of benzene rings is 1. The minimum atomic E-state index is -4.65. The van der Waals surface area contributed by atoms with Gasteiger partial charge in [0.05, 0.1) is 10.5 Å². The van der Waals surface area contributed by atoms with E-state index in [1.807, 2.05) is 0 Å². The molecule has 0 atom stereocenters. The normalized spacial score (nSPS) is 31.0. The molecule has 0 aliphatic heterocycles. The quantitative estimate of drug-likeness (QED) is 0.727. The number of hydrogen-bond acceptors (Lipinski definition) is 3. The molecular weight excluding hydrogens is 417 g/mol. The first-order valence-corrected chi connectivity index (χ1v) is 11.9. The Bertz CT molecular complexity index is 915. The molecule has 2 N–H and O–H groups in total. The Morgan fingerprint density at radius 1 is 1.00 bits per heavy atom. The second kappa shape index (κ2) is 7.22. The second-order valence-electron chi connectivity index (χ2n) is 9.69. The van der Waals surface area contributed by atoms with Gasteiger partial charge in [-0.15, -0.1) is 0 Å². The summed E-state index contributed by atoms with van der Waals surface area (Å²) in [5, 5.41) is 3.07. The van der Waals surface area contributed by atoms with Gasteiger partial charge < -0.3 is 5.32 Å². The van der Waals surface area contributed by atoms with Crippen LogP contribution in [0.5, 0.6) is 0 Å². The molecule has 0 saturated heterocycles. The molecule has 0 unspecified atom stereocenters. The molecule has 0 radical (unpaired) electrons. The summed E-state index contributed by atoms with van der Waals surface area (Å²) in [7, 11) is -4.32. The van der Waals surface area contributed by atoms with Crippen molar-refractivity contribution in [2.75, 3.05) is 0 Å². The van der Waals surface area contributed by atoms with Gasteiger partial charge in [0.2, 0.25) is 15.9 Å². The summed E-state index contributed by atoms with van der Waals surface area (Å²) in [5.74, 6) is 1.90. The molecule has 5 rings (SSSR count). The van der Waals surface area contributed by atoms with Gasteiger partial charge in [0.25, 0.3) is 0 Å². The van der Waals surface area contributed by atoms with Crippen LogP contribution >= 0.6 is 0 Å². The van der Waals surface area contributed by atoms with E-state index < -0.39 is 38.1 Å². The molecule has 4 aliphatic carbocycles. The van der Waals surface area contributed by atoms with Gasteiger partial charge in [-0.3, -0.25) is 4.79 Å². The Hall–Kier alpha value is -1.61. The number of hydrogen-bond donors (Lipinski definition) is 2. The van der Waals surface area contributed by atoms with Crippen LogP contribution in [0.25, 0.3) is 0 Å². The molecule has 4 aliphatic rings. The van der Waals surface area contributed by atoms with Crippen LogP contribution in [-0.2, 0) is 21.0 Å². The van der Waals surface area contributed by atoms with Gasteiger partial charge in [-0.1, -0.05) is 6.07 Å². The number of carbonyl (C=O) groups excluding carboxylic acids is 1. The molecule has 30 heavy (non-hydrogen) atoms. The fraction of sp³-hybridized carbons (Fsp3) is 0.667. The lowest BCUT2D eigenvalue weighted by Gasteiger charge is -2.54. The van der Waals surface area contributed by atoms with Crippen molar-refractivity contribution in [1.29, 1.82) is 0 Å². The number of carbonyl (C=O) groups is 1. The first-order valence-electron chi connectivity index (χ1n) is 10.4. The van der Waals surface area contributed by atoms with Gasteiger partial charge in [0.1, 0.15) is 5.54 Å².